The summed E-state index contributed by atoms with van der Waals surface area (Å²) in [6, 6.07) is 37.3. The minimum atomic E-state index is -2.39. The van der Waals surface area contributed by atoms with Gasteiger partial charge in [0.05, 0.1) is 0 Å². The van der Waals surface area contributed by atoms with Crippen LogP contribution < -0.4 is 15.9 Å². The van der Waals surface area contributed by atoms with Crippen LogP contribution in [0.25, 0.3) is 10.2 Å². The molecule has 0 fully saturated rings. The summed E-state index contributed by atoms with van der Waals surface area (Å²) in [5, 5.41) is 5.12. The summed E-state index contributed by atoms with van der Waals surface area (Å²) in [6.07, 6.45) is 0.839. The molecule has 0 radical (unpaired) electrons. The third-order valence-electron chi connectivity index (χ3n) is 5.61. The molecule has 4 heteroatoms. The molecule has 0 N–H and O–H groups in total. The number of aromatic nitrogens is 1. The Morgan fingerprint density at radius 2 is 1.17 bits per heavy atom. The zero-order valence-corrected chi connectivity index (χ0v) is 18.1. The Balaban J connectivity index is 1.76. The van der Waals surface area contributed by atoms with Crippen LogP contribution in [0.2, 0.25) is 0 Å². The predicted octanol–water partition coefficient (Wildman–Crippen LogP) is 5.66. The first-order chi connectivity index (χ1) is 14.8. The van der Waals surface area contributed by atoms with Crippen molar-refractivity contribution in [3.63, 3.8) is 0 Å². The molecular weight excluding hydrogens is 408 g/mol. The Kier molecular flexibility index (Phi) is 5.16. The van der Waals surface area contributed by atoms with Crippen LogP contribution in [-0.2, 0) is 6.16 Å². The third-order valence-corrected chi connectivity index (χ3v) is 11.7. The van der Waals surface area contributed by atoms with Gasteiger partial charge >= 0.3 is 180 Å². The molecule has 1 heterocycles. The van der Waals surface area contributed by atoms with Gasteiger partial charge in [0.25, 0.3) is 0 Å². The SMILES string of the molecule is Fc1ccc2sc(C[PH](c3ccccc3)(c3ccccc3)c3ccccc3)nc2c1. The Morgan fingerprint density at radius 3 is 1.67 bits per heavy atom. The summed E-state index contributed by atoms with van der Waals surface area (Å²) < 4.78 is 14.8. The normalized spacial score (nSPS) is 12.2. The second-order valence-electron chi connectivity index (χ2n) is 7.40. The monoisotopic (exact) mass is 429 g/mol. The molecule has 30 heavy (non-hydrogen) atoms. The number of hydrogen-bond acceptors (Lipinski definition) is 2. The third kappa shape index (κ3) is 3.45. The summed E-state index contributed by atoms with van der Waals surface area (Å²) in [5.41, 5.74) is 0.743. The fourth-order valence-corrected chi connectivity index (χ4v) is 10.3. The quantitative estimate of drug-likeness (QED) is 0.329. The average molecular weight is 430 g/mol. The van der Waals surface area contributed by atoms with Crippen molar-refractivity contribution in [1.82, 2.24) is 4.98 Å². The molecule has 0 aliphatic heterocycles. The van der Waals surface area contributed by atoms with Crippen LogP contribution in [-0.4, -0.2) is 4.98 Å². The van der Waals surface area contributed by atoms with Crippen LogP contribution in [0.5, 0.6) is 0 Å². The summed E-state index contributed by atoms with van der Waals surface area (Å²) >= 11 is 1.67. The molecule has 0 amide bonds. The fourth-order valence-electron chi connectivity index (χ4n) is 4.22. The number of nitrogens with zero attached hydrogens (tertiary/aromatic N) is 1. The molecule has 0 aliphatic rings. The summed E-state index contributed by atoms with van der Waals surface area (Å²) in [6.45, 7) is 0. The van der Waals surface area contributed by atoms with Crippen molar-refractivity contribution in [2.75, 3.05) is 0 Å². The fraction of sp³-hybridized carbons (Fsp3) is 0.0385. The Morgan fingerprint density at radius 1 is 0.667 bits per heavy atom. The van der Waals surface area contributed by atoms with Crippen molar-refractivity contribution in [3.8, 4) is 0 Å². The molecule has 5 rings (SSSR count). The van der Waals surface area contributed by atoms with Crippen molar-refractivity contribution in [2.24, 2.45) is 0 Å². The van der Waals surface area contributed by atoms with Gasteiger partial charge in [0.1, 0.15) is 0 Å². The van der Waals surface area contributed by atoms with E-state index in [-0.39, 0.29) is 5.82 Å². The molecule has 148 valence electrons. The van der Waals surface area contributed by atoms with Crippen LogP contribution in [0.3, 0.4) is 0 Å². The van der Waals surface area contributed by atoms with Gasteiger partial charge < -0.3 is 0 Å². The zero-order valence-electron chi connectivity index (χ0n) is 16.3. The first kappa shape index (κ1) is 19.1. The Bertz CT molecular complexity index is 1170. The van der Waals surface area contributed by atoms with Crippen molar-refractivity contribution in [3.05, 3.63) is 120 Å². The van der Waals surface area contributed by atoms with Gasteiger partial charge in [-0.15, -0.1) is 0 Å². The number of halogens is 1. The van der Waals surface area contributed by atoms with Crippen LogP contribution in [0, 0.1) is 5.82 Å². The summed E-state index contributed by atoms with van der Waals surface area (Å²) in [5.74, 6) is -0.239. The van der Waals surface area contributed by atoms with Gasteiger partial charge in [0, 0.05) is 0 Å². The van der Waals surface area contributed by atoms with Crippen molar-refractivity contribution in [1.29, 1.82) is 0 Å². The van der Waals surface area contributed by atoms with E-state index in [0.717, 1.165) is 21.4 Å². The molecule has 5 aromatic rings. The second kappa shape index (κ2) is 8.10. The number of benzene rings is 4. The van der Waals surface area contributed by atoms with E-state index in [1.54, 1.807) is 11.3 Å². The predicted molar refractivity (Wildman–Crippen MR) is 130 cm³/mol. The molecule has 1 aromatic heterocycles. The van der Waals surface area contributed by atoms with Gasteiger partial charge in [-0.1, -0.05) is 0 Å². The number of hydrogen-bond donors (Lipinski definition) is 0. The zero-order chi connectivity index (χ0) is 20.4. The van der Waals surface area contributed by atoms with E-state index >= 15 is 0 Å². The topological polar surface area (TPSA) is 12.9 Å². The first-order valence-electron chi connectivity index (χ1n) is 9.97. The molecule has 0 unspecified atom stereocenters. The molecule has 0 saturated carbocycles. The van der Waals surface area contributed by atoms with Gasteiger partial charge in [-0.05, 0) is 0 Å². The summed E-state index contributed by atoms with van der Waals surface area (Å²) in [4.78, 5) is 4.85. The van der Waals surface area contributed by atoms with Gasteiger partial charge in [-0.2, -0.15) is 0 Å². The molecule has 1 nitrogen and oxygen atoms in total. The van der Waals surface area contributed by atoms with E-state index in [4.69, 9.17) is 4.98 Å². The average Bonchev–Trinajstić information content (AvgIpc) is 3.20. The van der Waals surface area contributed by atoms with Crippen LogP contribution in [0.1, 0.15) is 5.01 Å². The van der Waals surface area contributed by atoms with E-state index in [1.165, 1.54) is 28.0 Å². The second-order valence-corrected chi connectivity index (χ2v) is 12.4. The van der Waals surface area contributed by atoms with E-state index in [9.17, 15) is 4.39 Å². The first-order valence-corrected chi connectivity index (χ1v) is 13.0. The minimum absolute atomic E-state index is 0.239. The van der Waals surface area contributed by atoms with E-state index in [0.29, 0.717) is 0 Å². The maximum atomic E-state index is 13.8. The molecule has 0 atom stereocenters. The van der Waals surface area contributed by atoms with Crippen LogP contribution in [0.15, 0.2) is 109 Å². The Labute approximate surface area is 180 Å². The number of fused-ring (bicyclic) bond motifs is 1. The molecule has 4 aromatic carbocycles. The van der Waals surface area contributed by atoms with E-state index < -0.39 is 7.26 Å². The van der Waals surface area contributed by atoms with E-state index in [1.807, 2.05) is 6.07 Å². The van der Waals surface area contributed by atoms with Gasteiger partial charge in [0.2, 0.25) is 0 Å². The maximum absolute atomic E-state index is 13.8. The molecular formula is C26H21FNPS. The standard InChI is InChI=1S/C26H21FNPS/c27-20-16-17-25-24(18-20)28-26(30-25)19-29(21-10-4-1-5-11-21,22-12-6-2-7-13-22)23-14-8-3-9-15-23/h1-18,29H,19H2. The van der Waals surface area contributed by atoms with Crippen molar-refractivity contribution >= 4 is 44.7 Å². The van der Waals surface area contributed by atoms with Crippen LogP contribution in [0.4, 0.5) is 4.39 Å². The van der Waals surface area contributed by atoms with Crippen molar-refractivity contribution in [2.45, 2.75) is 6.16 Å². The Hall–Kier alpha value is -2.87. The summed E-state index contributed by atoms with van der Waals surface area (Å²) in [7, 11) is -2.39. The molecule has 0 saturated heterocycles. The molecule has 0 spiro atoms. The number of rotatable bonds is 5. The van der Waals surface area contributed by atoms with Crippen LogP contribution >= 0.6 is 18.6 Å². The molecule has 0 aliphatic carbocycles. The van der Waals surface area contributed by atoms with Gasteiger partial charge in [-0.25, -0.2) is 0 Å². The van der Waals surface area contributed by atoms with Gasteiger partial charge in [-0.3, -0.25) is 0 Å². The number of thiazole rings is 1. The van der Waals surface area contributed by atoms with Gasteiger partial charge in [0.15, 0.2) is 0 Å². The van der Waals surface area contributed by atoms with Crippen molar-refractivity contribution < 1.29 is 4.39 Å². The van der Waals surface area contributed by atoms with E-state index in [2.05, 4.69) is 91.0 Å². The molecule has 0 bridgehead atoms.